The van der Waals surface area contributed by atoms with E-state index < -0.39 is 0 Å². The molecule has 0 saturated carbocycles. The van der Waals surface area contributed by atoms with Crippen molar-refractivity contribution in [3.8, 4) is 0 Å². The molecule has 0 atom stereocenters. The van der Waals surface area contributed by atoms with Crippen LogP contribution in [0.15, 0.2) is 54.9 Å². The van der Waals surface area contributed by atoms with Gasteiger partial charge in [-0.05, 0) is 69.4 Å². The van der Waals surface area contributed by atoms with Gasteiger partial charge in [-0.1, -0.05) is 17.7 Å². The molecule has 9 heteroatoms. The molecule has 1 aliphatic heterocycles. The fraction of sp³-hybridized carbons (Fsp3) is 0.280. The van der Waals surface area contributed by atoms with Crippen LogP contribution < -0.4 is 15.5 Å². The van der Waals surface area contributed by atoms with Gasteiger partial charge in [0.1, 0.15) is 12.1 Å². The van der Waals surface area contributed by atoms with Crippen molar-refractivity contribution < 1.29 is 9.59 Å². The highest BCUT2D eigenvalue weighted by Crippen LogP contribution is 2.38. The van der Waals surface area contributed by atoms with Gasteiger partial charge in [0, 0.05) is 47.0 Å². The summed E-state index contributed by atoms with van der Waals surface area (Å²) in [5.41, 5.74) is 3.61. The van der Waals surface area contributed by atoms with Crippen molar-refractivity contribution in [2.24, 2.45) is 0 Å². The van der Waals surface area contributed by atoms with E-state index in [1.165, 1.54) is 17.7 Å². The maximum absolute atomic E-state index is 12.4. The molecule has 1 aromatic heterocycles. The quantitative estimate of drug-likeness (QED) is 0.380. The largest absolute Gasteiger partial charge is 0.353 e. The number of halogens is 1. The number of fused-ring (bicyclic) bond motifs is 2. The predicted molar refractivity (Wildman–Crippen MR) is 136 cm³/mol. The Kier molecular flexibility index (Phi) is 7.40. The SMILES string of the molecule is CN(C)CCCNC(=O)C=CC(=O)Nc1ccc2ncnc(N3CCc4ccc(Cl)cc43)c2c1. The van der Waals surface area contributed by atoms with Crippen LogP contribution in [0.1, 0.15) is 12.0 Å². The molecule has 0 radical (unpaired) electrons. The van der Waals surface area contributed by atoms with Crippen LogP contribution in [-0.4, -0.2) is 60.4 Å². The Morgan fingerprint density at radius 3 is 2.76 bits per heavy atom. The molecular weight excluding hydrogens is 452 g/mol. The third kappa shape index (κ3) is 5.70. The fourth-order valence-corrected chi connectivity index (χ4v) is 4.08. The topological polar surface area (TPSA) is 90.5 Å². The summed E-state index contributed by atoms with van der Waals surface area (Å²) >= 11 is 6.23. The van der Waals surface area contributed by atoms with Crippen molar-refractivity contribution in [3.05, 3.63) is 65.5 Å². The third-order valence-corrected chi connectivity index (χ3v) is 5.78. The fourth-order valence-electron chi connectivity index (χ4n) is 3.91. The van der Waals surface area contributed by atoms with Crippen molar-refractivity contribution in [1.29, 1.82) is 0 Å². The Hall–Kier alpha value is -3.49. The molecule has 34 heavy (non-hydrogen) atoms. The van der Waals surface area contributed by atoms with E-state index in [2.05, 4.69) is 25.5 Å². The summed E-state index contributed by atoms with van der Waals surface area (Å²) in [7, 11) is 3.96. The Balaban J connectivity index is 1.46. The molecule has 0 saturated heterocycles. The molecule has 0 bridgehead atoms. The van der Waals surface area contributed by atoms with Crippen LogP contribution in [-0.2, 0) is 16.0 Å². The smallest absolute Gasteiger partial charge is 0.248 e. The minimum atomic E-state index is -0.389. The molecule has 0 spiro atoms. The van der Waals surface area contributed by atoms with Gasteiger partial charge in [-0.15, -0.1) is 0 Å². The highest BCUT2D eigenvalue weighted by Gasteiger charge is 2.23. The van der Waals surface area contributed by atoms with E-state index in [4.69, 9.17) is 11.6 Å². The van der Waals surface area contributed by atoms with E-state index in [0.717, 1.165) is 48.3 Å². The van der Waals surface area contributed by atoms with Gasteiger partial charge in [-0.25, -0.2) is 9.97 Å². The lowest BCUT2D eigenvalue weighted by molar-refractivity contribution is -0.117. The number of nitrogens with one attached hydrogen (secondary N) is 2. The molecule has 0 unspecified atom stereocenters. The first-order chi connectivity index (χ1) is 16.4. The number of benzene rings is 2. The second-order valence-electron chi connectivity index (χ2n) is 8.37. The molecule has 2 aromatic carbocycles. The Morgan fingerprint density at radius 2 is 1.94 bits per heavy atom. The zero-order chi connectivity index (χ0) is 24.1. The van der Waals surface area contributed by atoms with Crippen molar-refractivity contribution >= 4 is 51.5 Å². The summed E-state index contributed by atoms with van der Waals surface area (Å²) in [6.07, 6.45) is 5.75. The van der Waals surface area contributed by atoms with Gasteiger partial charge in [0.2, 0.25) is 11.8 Å². The van der Waals surface area contributed by atoms with Crippen molar-refractivity contribution in [1.82, 2.24) is 20.2 Å². The van der Waals surface area contributed by atoms with Crippen LogP contribution in [0, 0.1) is 0 Å². The maximum Gasteiger partial charge on any atom is 0.248 e. The van der Waals surface area contributed by atoms with E-state index >= 15 is 0 Å². The van der Waals surface area contributed by atoms with E-state index in [0.29, 0.717) is 17.3 Å². The number of amides is 2. The lowest BCUT2D eigenvalue weighted by atomic mass is 10.1. The molecule has 176 valence electrons. The lowest BCUT2D eigenvalue weighted by Crippen LogP contribution is -2.25. The summed E-state index contributed by atoms with van der Waals surface area (Å²) in [5.74, 6) is 0.0729. The Labute approximate surface area is 203 Å². The molecule has 1 aliphatic rings. The molecular formula is C25H27ClN6O2. The average Bonchev–Trinajstić information content (AvgIpc) is 3.23. The molecule has 2 amide bonds. The lowest BCUT2D eigenvalue weighted by Gasteiger charge is -2.20. The van der Waals surface area contributed by atoms with Gasteiger partial charge < -0.3 is 20.4 Å². The number of hydrogen-bond acceptors (Lipinski definition) is 6. The minimum absolute atomic E-state index is 0.297. The molecule has 0 fully saturated rings. The van der Waals surface area contributed by atoms with E-state index in [1.54, 1.807) is 12.4 Å². The van der Waals surface area contributed by atoms with Gasteiger partial charge in [0.25, 0.3) is 0 Å². The van der Waals surface area contributed by atoms with Crippen LogP contribution in [0.5, 0.6) is 0 Å². The highest BCUT2D eigenvalue weighted by atomic mass is 35.5. The predicted octanol–water partition coefficient (Wildman–Crippen LogP) is 3.54. The number of hydrogen-bond donors (Lipinski definition) is 2. The third-order valence-electron chi connectivity index (χ3n) is 5.55. The number of aromatic nitrogens is 2. The van der Waals surface area contributed by atoms with Crippen molar-refractivity contribution in [2.75, 3.05) is 43.9 Å². The maximum atomic E-state index is 12.4. The first kappa shape index (κ1) is 23.7. The Bertz CT molecular complexity index is 1240. The molecule has 3 aromatic rings. The zero-order valence-corrected chi connectivity index (χ0v) is 20.0. The van der Waals surface area contributed by atoms with E-state index in [1.807, 2.05) is 49.3 Å². The Morgan fingerprint density at radius 1 is 1.12 bits per heavy atom. The zero-order valence-electron chi connectivity index (χ0n) is 19.2. The van der Waals surface area contributed by atoms with Crippen molar-refractivity contribution in [2.45, 2.75) is 12.8 Å². The van der Waals surface area contributed by atoms with Crippen LogP contribution in [0.4, 0.5) is 17.2 Å². The van der Waals surface area contributed by atoms with Crippen LogP contribution in [0.25, 0.3) is 10.9 Å². The first-order valence-electron chi connectivity index (χ1n) is 11.1. The normalized spacial score (nSPS) is 13.0. The van der Waals surface area contributed by atoms with Gasteiger partial charge in [-0.2, -0.15) is 0 Å². The summed E-state index contributed by atoms with van der Waals surface area (Å²) in [6.45, 7) is 2.22. The van der Waals surface area contributed by atoms with Gasteiger partial charge in [0.05, 0.1) is 5.52 Å². The summed E-state index contributed by atoms with van der Waals surface area (Å²) < 4.78 is 0. The van der Waals surface area contributed by atoms with Crippen LogP contribution in [0.3, 0.4) is 0 Å². The van der Waals surface area contributed by atoms with E-state index in [9.17, 15) is 9.59 Å². The number of carbonyl (C=O) groups is 2. The second-order valence-corrected chi connectivity index (χ2v) is 8.81. The monoisotopic (exact) mass is 478 g/mol. The molecule has 8 nitrogen and oxygen atoms in total. The number of rotatable bonds is 8. The summed E-state index contributed by atoms with van der Waals surface area (Å²) in [4.78, 5) is 37.4. The number of carbonyl (C=O) groups excluding carboxylic acids is 2. The second kappa shape index (κ2) is 10.6. The molecule has 2 heterocycles. The average molecular weight is 479 g/mol. The highest BCUT2D eigenvalue weighted by molar-refractivity contribution is 6.31. The summed E-state index contributed by atoms with van der Waals surface area (Å²) in [5, 5.41) is 7.07. The first-order valence-corrected chi connectivity index (χ1v) is 11.5. The van der Waals surface area contributed by atoms with Crippen LogP contribution in [0.2, 0.25) is 5.02 Å². The summed E-state index contributed by atoms with van der Waals surface area (Å²) in [6, 6.07) is 11.3. The van der Waals surface area contributed by atoms with Gasteiger partial charge in [-0.3, -0.25) is 9.59 Å². The molecule has 2 N–H and O–H groups in total. The standard InChI is InChI=1S/C25H27ClN6O2/c1-31(2)12-3-11-27-23(33)8-9-24(34)30-19-6-7-21-20(15-19)25(29-16-28-21)32-13-10-17-4-5-18(26)14-22(17)32/h4-9,14-16H,3,10-13H2,1-2H3,(H,27,33)(H,30,34). The van der Waals surface area contributed by atoms with Crippen LogP contribution >= 0.6 is 11.6 Å². The number of nitrogens with zero attached hydrogens (tertiary/aromatic N) is 4. The van der Waals surface area contributed by atoms with Crippen molar-refractivity contribution in [3.63, 3.8) is 0 Å². The molecule has 0 aliphatic carbocycles. The molecule has 4 rings (SSSR count). The van der Waals surface area contributed by atoms with Gasteiger partial charge in [0.15, 0.2) is 0 Å². The number of anilines is 3. The van der Waals surface area contributed by atoms with Gasteiger partial charge >= 0.3 is 0 Å². The minimum Gasteiger partial charge on any atom is -0.353 e. The van der Waals surface area contributed by atoms with E-state index in [-0.39, 0.29) is 11.8 Å².